The Bertz CT molecular complexity index is 1760. The number of hydrogen-bond acceptors (Lipinski definition) is 5. The van der Waals surface area contributed by atoms with Crippen LogP contribution in [0.2, 0.25) is 5.02 Å². The number of hydrogen-bond donors (Lipinski definition) is 2. The number of fused-ring (bicyclic) bond motifs is 4. The lowest BCUT2D eigenvalue weighted by Crippen LogP contribution is -2.47. The molecule has 1 aromatic heterocycles. The van der Waals surface area contributed by atoms with Gasteiger partial charge in [-0.25, -0.2) is 4.39 Å². The lowest BCUT2D eigenvalue weighted by atomic mass is 9.83. The molecule has 2 aliphatic rings. The van der Waals surface area contributed by atoms with Crippen molar-refractivity contribution in [2.45, 2.75) is 30.2 Å². The van der Waals surface area contributed by atoms with Gasteiger partial charge in [0, 0.05) is 58.4 Å². The van der Waals surface area contributed by atoms with Gasteiger partial charge in [0.1, 0.15) is 5.82 Å². The first-order valence-electron chi connectivity index (χ1n) is 14.1. The summed E-state index contributed by atoms with van der Waals surface area (Å²) in [5, 5.41) is 6.09. The van der Waals surface area contributed by atoms with E-state index in [2.05, 4.69) is 15.5 Å². The molecule has 2 amide bonds. The van der Waals surface area contributed by atoms with Crippen molar-refractivity contribution in [1.82, 2.24) is 4.57 Å². The van der Waals surface area contributed by atoms with E-state index in [0.717, 1.165) is 22.7 Å². The summed E-state index contributed by atoms with van der Waals surface area (Å²) in [6.45, 7) is 1.96. The summed E-state index contributed by atoms with van der Waals surface area (Å²) < 4.78 is 16.4. The zero-order valence-corrected chi connectivity index (χ0v) is 25.1. The average molecular weight is 617 g/mol. The largest absolute Gasteiger partial charge is 0.369 e. The number of para-hydroxylation sites is 1. The molecular weight excluding hydrogens is 587 g/mol. The van der Waals surface area contributed by atoms with E-state index in [1.165, 1.54) is 23.9 Å². The molecule has 2 aliphatic heterocycles. The summed E-state index contributed by atoms with van der Waals surface area (Å²) in [6, 6.07) is 22.5. The Morgan fingerprint density at radius 2 is 1.77 bits per heavy atom. The molecule has 7 nitrogen and oxygen atoms in total. The van der Waals surface area contributed by atoms with Crippen molar-refractivity contribution in [2.24, 2.45) is 5.92 Å². The number of rotatable bonds is 7. The molecule has 1 fully saturated rings. The van der Waals surface area contributed by atoms with Gasteiger partial charge in [-0.05, 0) is 67.1 Å². The van der Waals surface area contributed by atoms with Crippen LogP contribution in [0.5, 0.6) is 0 Å². The molecule has 2 N–H and O–H groups in total. The fraction of sp³-hybridized carbons (Fsp3) is 0.242. The standard InChI is InChI=1S/C33H30ClFN4O3S/c1-43-30-10-3-2-8-26(30)37-33(42)21-12-13-29(27(15-21)36-31(40)16-23-24(34)6-4-7-25(23)35)38-17-20-14-22(19-38)28-9-5-11-32(41)39(28)18-20/h2-13,15,20,22H,14,16-19H2,1H3,(H,36,40)(H,37,42)/t20-,22+/m1/s1. The SMILES string of the molecule is CSc1ccccc1NC(=O)c1ccc(N2C[C@H]3C[C@@H](C2)c2cccc(=O)n2C3)c(NC(=O)Cc2c(F)cccc2Cl)c1. The van der Waals surface area contributed by atoms with Crippen LogP contribution < -0.4 is 21.1 Å². The lowest BCUT2D eigenvalue weighted by Gasteiger charge is -2.44. The molecule has 4 aromatic rings. The number of carbonyl (C=O) groups is 2. The van der Waals surface area contributed by atoms with Crippen molar-refractivity contribution < 1.29 is 14.0 Å². The number of pyridine rings is 1. The zero-order chi connectivity index (χ0) is 30.1. The first kappa shape index (κ1) is 29.0. The Labute approximate surface area is 258 Å². The number of nitrogens with one attached hydrogen (secondary N) is 2. The van der Waals surface area contributed by atoms with E-state index in [1.54, 1.807) is 30.3 Å². The Morgan fingerprint density at radius 3 is 2.58 bits per heavy atom. The highest BCUT2D eigenvalue weighted by atomic mass is 35.5. The Balaban J connectivity index is 1.32. The molecule has 6 rings (SSSR count). The van der Waals surface area contributed by atoms with E-state index in [0.29, 0.717) is 36.6 Å². The number of thioether (sulfide) groups is 1. The van der Waals surface area contributed by atoms with Crippen molar-refractivity contribution in [1.29, 1.82) is 0 Å². The molecule has 0 aliphatic carbocycles. The van der Waals surface area contributed by atoms with E-state index in [4.69, 9.17) is 11.6 Å². The summed E-state index contributed by atoms with van der Waals surface area (Å²) in [5.74, 6) is -0.926. The van der Waals surface area contributed by atoms with Crippen LogP contribution >= 0.6 is 23.4 Å². The van der Waals surface area contributed by atoms with Crippen molar-refractivity contribution in [2.75, 3.05) is 34.9 Å². The van der Waals surface area contributed by atoms with E-state index in [1.807, 2.05) is 47.2 Å². The van der Waals surface area contributed by atoms with Gasteiger partial charge in [0.05, 0.1) is 23.5 Å². The zero-order valence-electron chi connectivity index (χ0n) is 23.5. The van der Waals surface area contributed by atoms with Gasteiger partial charge in [-0.15, -0.1) is 11.8 Å². The molecule has 3 heterocycles. The summed E-state index contributed by atoms with van der Waals surface area (Å²) in [6.07, 6.45) is 2.66. The van der Waals surface area contributed by atoms with Crippen LogP contribution in [0.15, 0.2) is 88.6 Å². The van der Waals surface area contributed by atoms with Crippen LogP contribution in [0.4, 0.5) is 21.5 Å². The lowest BCUT2D eigenvalue weighted by molar-refractivity contribution is -0.115. The second-order valence-corrected chi connectivity index (χ2v) is 12.2. The van der Waals surface area contributed by atoms with Gasteiger partial charge < -0.3 is 20.1 Å². The molecule has 0 unspecified atom stereocenters. The smallest absolute Gasteiger partial charge is 0.255 e. The minimum absolute atomic E-state index is 0.0128. The van der Waals surface area contributed by atoms with E-state index < -0.39 is 11.7 Å². The molecule has 0 radical (unpaired) electrons. The predicted octanol–water partition coefficient (Wildman–Crippen LogP) is 6.42. The second kappa shape index (κ2) is 12.3. The minimum atomic E-state index is -0.554. The summed E-state index contributed by atoms with van der Waals surface area (Å²) in [4.78, 5) is 42.3. The Morgan fingerprint density at radius 1 is 0.953 bits per heavy atom. The maximum atomic E-state index is 14.5. The number of anilines is 3. The molecule has 2 bridgehead atoms. The number of nitrogens with zero attached hydrogens (tertiary/aromatic N) is 2. The Hall–Kier alpha value is -4.08. The van der Waals surface area contributed by atoms with E-state index >= 15 is 0 Å². The van der Waals surface area contributed by atoms with Crippen molar-refractivity contribution >= 4 is 52.2 Å². The molecule has 43 heavy (non-hydrogen) atoms. The first-order chi connectivity index (χ1) is 20.8. The molecule has 1 saturated heterocycles. The third-order valence-electron chi connectivity index (χ3n) is 8.11. The fourth-order valence-electron chi connectivity index (χ4n) is 6.14. The molecule has 0 saturated carbocycles. The predicted molar refractivity (Wildman–Crippen MR) is 170 cm³/mol. The number of benzene rings is 3. The molecule has 3 aromatic carbocycles. The van der Waals surface area contributed by atoms with Crippen LogP contribution in [0.3, 0.4) is 0 Å². The molecule has 0 spiro atoms. The number of aromatic nitrogens is 1. The molecule has 220 valence electrons. The van der Waals surface area contributed by atoms with Gasteiger partial charge in [-0.3, -0.25) is 14.4 Å². The average Bonchev–Trinajstić information content (AvgIpc) is 3.00. The highest BCUT2D eigenvalue weighted by Gasteiger charge is 2.35. The quantitative estimate of drug-likeness (QED) is 0.234. The van der Waals surface area contributed by atoms with Crippen LogP contribution in [-0.2, 0) is 17.8 Å². The van der Waals surface area contributed by atoms with Gasteiger partial charge in [-0.1, -0.05) is 35.9 Å². The van der Waals surface area contributed by atoms with Gasteiger partial charge >= 0.3 is 0 Å². The maximum absolute atomic E-state index is 14.5. The van der Waals surface area contributed by atoms with Crippen molar-refractivity contribution in [3.8, 4) is 0 Å². The fourth-order valence-corrected chi connectivity index (χ4v) is 6.93. The van der Waals surface area contributed by atoms with Crippen LogP contribution in [0.25, 0.3) is 0 Å². The highest BCUT2D eigenvalue weighted by Crippen LogP contribution is 2.39. The van der Waals surface area contributed by atoms with Gasteiger partial charge in [0.25, 0.3) is 11.5 Å². The monoisotopic (exact) mass is 616 g/mol. The van der Waals surface area contributed by atoms with Crippen LogP contribution in [-0.4, -0.2) is 35.7 Å². The third kappa shape index (κ3) is 6.05. The molecule has 10 heteroatoms. The van der Waals surface area contributed by atoms with Crippen LogP contribution in [0, 0.1) is 11.7 Å². The van der Waals surface area contributed by atoms with Crippen molar-refractivity contribution in [3.05, 3.63) is 117 Å². The highest BCUT2D eigenvalue weighted by molar-refractivity contribution is 7.98. The number of piperidine rings is 1. The normalized spacial score (nSPS) is 17.2. The van der Waals surface area contributed by atoms with Gasteiger partial charge in [-0.2, -0.15) is 0 Å². The van der Waals surface area contributed by atoms with Crippen molar-refractivity contribution in [3.63, 3.8) is 0 Å². The van der Waals surface area contributed by atoms with E-state index in [9.17, 15) is 18.8 Å². The first-order valence-corrected chi connectivity index (χ1v) is 15.7. The van der Waals surface area contributed by atoms with Gasteiger partial charge in [0.2, 0.25) is 5.91 Å². The number of amides is 2. The minimum Gasteiger partial charge on any atom is -0.369 e. The van der Waals surface area contributed by atoms with Crippen LogP contribution in [0.1, 0.15) is 34.0 Å². The second-order valence-electron chi connectivity index (χ2n) is 10.9. The third-order valence-corrected chi connectivity index (χ3v) is 9.26. The Kier molecular flexibility index (Phi) is 8.27. The summed E-state index contributed by atoms with van der Waals surface area (Å²) >= 11 is 7.73. The summed E-state index contributed by atoms with van der Waals surface area (Å²) in [5.41, 5.74) is 3.41. The molecule has 2 atom stereocenters. The topological polar surface area (TPSA) is 83.4 Å². The van der Waals surface area contributed by atoms with E-state index in [-0.39, 0.29) is 40.3 Å². The summed E-state index contributed by atoms with van der Waals surface area (Å²) in [7, 11) is 0. The molecular formula is C33H30ClFN4O3S. The number of carbonyl (C=O) groups excluding carboxylic acids is 2. The maximum Gasteiger partial charge on any atom is 0.255 e. The van der Waals surface area contributed by atoms with Gasteiger partial charge in [0.15, 0.2) is 0 Å². The number of halogens is 2.